The summed E-state index contributed by atoms with van der Waals surface area (Å²) in [5.74, 6) is 2.29. The maximum Gasteiger partial charge on any atom is 0.178 e. The van der Waals surface area contributed by atoms with Gasteiger partial charge in [-0.15, -0.1) is 0 Å². The maximum atomic E-state index is 8.73. The molecule has 3 heterocycles. The van der Waals surface area contributed by atoms with E-state index in [1.807, 2.05) is 18.3 Å². The van der Waals surface area contributed by atoms with Crippen LogP contribution in [0.3, 0.4) is 0 Å². The summed E-state index contributed by atoms with van der Waals surface area (Å²) in [7, 11) is 0. The van der Waals surface area contributed by atoms with Crippen molar-refractivity contribution >= 4 is 23.2 Å². The van der Waals surface area contributed by atoms with Crippen LogP contribution >= 0.6 is 0 Å². The van der Waals surface area contributed by atoms with Crippen molar-refractivity contribution in [1.29, 1.82) is 10.8 Å². The fraction of sp³-hybridized carbons (Fsp3) is 0.474. The Morgan fingerprint density at radius 1 is 1.35 bits per heavy atom. The van der Waals surface area contributed by atoms with Crippen LogP contribution in [0, 0.1) is 10.8 Å². The van der Waals surface area contributed by atoms with Crippen molar-refractivity contribution in [2.24, 2.45) is 0 Å². The number of nitrogens with zero attached hydrogens (tertiary/aromatic N) is 4. The second kappa shape index (κ2) is 6.55. The summed E-state index contributed by atoms with van der Waals surface area (Å²) in [6.07, 6.45) is 9.16. The van der Waals surface area contributed by atoms with Crippen LogP contribution in [0.15, 0.2) is 24.5 Å². The molecule has 7 nitrogen and oxygen atoms in total. The van der Waals surface area contributed by atoms with E-state index in [2.05, 4.69) is 21.8 Å². The topological polar surface area (TPSA) is 95.8 Å². The molecule has 2 aromatic heterocycles. The van der Waals surface area contributed by atoms with Crippen LogP contribution in [0.2, 0.25) is 0 Å². The fourth-order valence-corrected chi connectivity index (χ4v) is 4.23. The van der Waals surface area contributed by atoms with Crippen molar-refractivity contribution in [2.75, 3.05) is 9.80 Å². The number of nitrogens with one attached hydrogen (secondary N) is 3. The molecular weight excluding hydrogens is 326 g/mol. The molecule has 26 heavy (non-hydrogen) atoms. The Labute approximate surface area is 153 Å². The highest BCUT2D eigenvalue weighted by atomic mass is 15.4. The minimum absolute atomic E-state index is 0.0581. The first-order chi connectivity index (χ1) is 12.6. The number of aromatic nitrogens is 3. The zero-order valence-electron chi connectivity index (χ0n) is 15.3. The molecule has 0 unspecified atom stereocenters. The zero-order chi connectivity index (χ0) is 18.3. The number of rotatable bonds is 3. The molecule has 4 rings (SSSR count). The van der Waals surface area contributed by atoms with Gasteiger partial charge in [0.2, 0.25) is 0 Å². The SMILES string of the molecule is CC[C@@H]1C(=N)N(C(C)=N)c2cnc(-c3ccc[nH]3)nc2N1C1CCCC1. The zero-order valence-corrected chi connectivity index (χ0v) is 15.3. The van der Waals surface area contributed by atoms with Gasteiger partial charge in [0.15, 0.2) is 11.6 Å². The van der Waals surface area contributed by atoms with Crippen LogP contribution in [0.5, 0.6) is 0 Å². The molecule has 2 aliphatic rings. The Balaban J connectivity index is 1.89. The lowest BCUT2D eigenvalue weighted by Gasteiger charge is -2.45. The Kier molecular flexibility index (Phi) is 4.22. The molecule has 0 bridgehead atoms. The normalized spacial score (nSPS) is 20.5. The first kappa shape index (κ1) is 16.8. The van der Waals surface area contributed by atoms with Gasteiger partial charge in [-0.05, 0) is 38.3 Å². The lowest BCUT2D eigenvalue weighted by atomic mass is 10.0. The molecule has 2 aromatic rings. The number of H-pyrrole nitrogens is 1. The monoisotopic (exact) mass is 351 g/mol. The molecule has 136 valence electrons. The van der Waals surface area contributed by atoms with Crippen molar-refractivity contribution in [2.45, 2.75) is 58.0 Å². The summed E-state index contributed by atoms with van der Waals surface area (Å²) in [6.45, 7) is 3.83. The summed E-state index contributed by atoms with van der Waals surface area (Å²) in [6, 6.07) is 4.24. The van der Waals surface area contributed by atoms with E-state index in [-0.39, 0.29) is 6.04 Å². The third-order valence-corrected chi connectivity index (χ3v) is 5.41. The summed E-state index contributed by atoms with van der Waals surface area (Å²) in [5, 5.41) is 16.9. The molecule has 0 radical (unpaired) electrons. The van der Waals surface area contributed by atoms with Crippen LogP contribution < -0.4 is 9.80 Å². The summed E-state index contributed by atoms with van der Waals surface area (Å²) in [5.41, 5.74) is 1.63. The van der Waals surface area contributed by atoms with Gasteiger partial charge in [0, 0.05) is 12.2 Å². The van der Waals surface area contributed by atoms with E-state index in [4.69, 9.17) is 15.8 Å². The largest absolute Gasteiger partial charge is 0.359 e. The average Bonchev–Trinajstić information content (AvgIpc) is 3.33. The van der Waals surface area contributed by atoms with Crippen LogP contribution in [-0.4, -0.2) is 38.7 Å². The fourth-order valence-electron chi connectivity index (χ4n) is 4.23. The summed E-state index contributed by atoms with van der Waals surface area (Å²) in [4.78, 5) is 16.6. The molecular formula is C19H25N7. The van der Waals surface area contributed by atoms with Gasteiger partial charge in [-0.2, -0.15) is 0 Å². The van der Waals surface area contributed by atoms with Crippen molar-refractivity contribution in [3.63, 3.8) is 0 Å². The minimum atomic E-state index is -0.0581. The van der Waals surface area contributed by atoms with E-state index in [1.54, 1.807) is 18.0 Å². The van der Waals surface area contributed by atoms with Gasteiger partial charge < -0.3 is 9.88 Å². The number of hydrogen-bond donors (Lipinski definition) is 3. The minimum Gasteiger partial charge on any atom is -0.359 e. The Morgan fingerprint density at radius 2 is 2.12 bits per heavy atom. The van der Waals surface area contributed by atoms with E-state index in [0.717, 1.165) is 36.5 Å². The van der Waals surface area contributed by atoms with E-state index in [9.17, 15) is 0 Å². The summed E-state index contributed by atoms with van der Waals surface area (Å²) < 4.78 is 0. The third kappa shape index (κ3) is 2.58. The van der Waals surface area contributed by atoms with Gasteiger partial charge in [-0.1, -0.05) is 19.8 Å². The predicted molar refractivity (Wildman–Crippen MR) is 104 cm³/mol. The molecule has 0 saturated heterocycles. The van der Waals surface area contributed by atoms with E-state index in [1.165, 1.54) is 12.8 Å². The summed E-state index contributed by atoms with van der Waals surface area (Å²) >= 11 is 0. The second-order valence-electron chi connectivity index (χ2n) is 7.06. The van der Waals surface area contributed by atoms with Gasteiger partial charge in [-0.25, -0.2) is 9.97 Å². The first-order valence-corrected chi connectivity index (χ1v) is 9.34. The van der Waals surface area contributed by atoms with Crippen molar-refractivity contribution in [3.8, 4) is 11.5 Å². The van der Waals surface area contributed by atoms with Gasteiger partial charge in [0.1, 0.15) is 17.4 Å². The number of aromatic amines is 1. The van der Waals surface area contributed by atoms with Crippen LogP contribution in [0.4, 0.5) is 11.5 Å². The van der Waals surface area contributed by atoms with Crippen LogP contribution in [0.25, 0.3) is 11.5 Å². The molecule has 1 aliphatic heterocycles. The number of amidine groups is 2. The highest BCUT2D eigenvalue weighted by molar-refractivity contribution is 6.21. The smallest absolute Gasteiger partial charge is 0.178 e. The first-order valence-electron chi connectivity index (χ1n) is 9.34. The molecule has 1 atom stereocenters. The second-order valence-corrected chi connectivity index (χ2v) is 7.06. The molecule has 0 spiro atoms. The molecule has 3 N–H and O–H groups in total. The van der Waals surface area contributed by atoms with Crippen LogP contribution in [0.1, 0.15) is 46.0 Å². The maximum absolute atomic E-state index is 8.73. The number of hydrogen-bond acceptors (Lipinski definition) is 5. The number of anilines is 2. The van der Waals surface area contributed by atoms with Crippen molar-refractivity contribution in [1.82, 2.24) is 15.0 Å². The molecule has 1 fully saturated rings. The van der Waals surface area contributed by atoms with Crippen LogP contribution in [-0.2, 0) is 0 Å². The van der Waals surface area contributed by atoms with Gasteiger partial charge in [0.05, 0.1) is 17.9 Å². The Bertz CT molecular complexity index is 820. The van der Waals surface area contributed by atoms with E-state index in [0.29, 0.717) is 23.5 Å². The van der Waals surface area contributed by atoms with E-state index >= 15 is 0 Å². The Morgan fingerprint density at radius 3 is 2.73 bits per heavy atom. The van der Waals surface area contributed by atoms with E-state index < -0.39 is 0 Å². The molecule has 0 aromatic carbocycles. The molecule has 0 amide bonds. The average molecular weight is 351 g/mol. The highest BCUT2D eigenvalue weighted by Crippen LogP contribution is 2.40. The van der Waals surface area contributed by atoms with Gasteiger partial charge in [0.25, 0.3) is 0 Å². The van der Waals surface area contributed by atoms with Crippen molar-refractivity contribution < 1.29 is 0 Å². The molecule has 1 aliphatic carbocycles. The van der Waals surface area contributed by atoms with Crippen molar-refractivity contribution in [3.05, 3.63) is 24.5 Å². The molecule has 1 saturated carbocycles. The lowest BCUT2D eigenvalue weighted by molar-refractivity contribution is 0.547. The van der Waals surface area contributed by atoms with Gasteiger partial charge in [-0.3, -0.25) is 15.7 Å². The Hall–Kier alpha value is -2.70. The lowest BCUT2D eigenvalue weighted by Crippen LogP contribution is -2.57. The number of fused-ring (bicyclic) bond motifs is 1. The molecule has 7 heteroatoms. The standard InChI is InChI=1S/C19H25N7/c1-3-15-17(21)25(12(2)20)16-11-23-18(14-9-6-10-22-14)24-19(16)26(15)13-7-4-5-8-13/h6,9-11,13,15,20-22H,3-5,7-8H2,1-2H3/t15-/m1/s1. The highest BCUT2D eigenvalue weighted by Gasteiger charge is 2.41. The van der Waals surface area contributed by atoms with Gasteiger partial charge >= 0.3 is 0 Å². The quantitative estimate of drug-likeness (QED) is 0.579. The third-order valence-electron chi connectivity index (χ3n) is 5.41. The predicted octanol–water partition coefficient (Wildman–Crippen LogP) is 3.79.